The Morgan fingerprint density at radius 1 is 1.39 bits per heavy atom. The summed E-state index contributed by atoms with van der Waals surface area (Å²) >= 11 is 1.73. The van der Waals surface area contributed by atoms with Crippen molar-refractivity contribution >= 4 is 16.5 Å². The first-order valence-corrected chi connectivity index (χ1v) is 7.43. The van der Waals surface area contributed by atoms with Crippen LogP contribution in [0.2, 0.25) is 0 Å². The molecule has 2 rings (SSSR count). The van der Waals surface area contributed by atoms with Gasteiger partial charge in [-0.25, -0.2) is 4.98 Å². The summed E-state index contributed by atoms with van der Waals surface area (Å²) < 4.78 is 5.76. The van der Waals surface area contributed by atoms with Gasteiger partial charge in [0.05, 0.1) is 17.9 Å². The molecule has 0 aromatic carbocycles. The maximum atomic E-state index is 5.81. The van der Waals surface area contributed by atoms with Crippen LogP contribution >= 0.6 is 11.3 Å². The van der Waals surface area contributed by atoms with Crippen LogP contribution in [0.15, 0.2) is 0 Å². The molecule has 0 bridgehead atoms. The molecule has 5 heteroatoms. The Hall–Kier alpha value is -0.650. The van der Waals surface area contributed by atoms with Crippen molar-refractivity contribution in [2.45, 2.75) is 52.4 Å². The molecule has 0 radical (unpaired) electrons. The summed E-state index contributed by atoms with van der Waals surface area (Å²) in [5.74, 6) is 0.435. The zero-order valence-corrected chi connectivity index (χ0v) is 12.5. The number of hydrogen-bond acceptors (Lipinski definition) is 5. The van der Waals surface area contributed by atoms with Gasteiger partial charge in [-0.1, -0.05) is 13.8 Å². The Labute approximate surface area is 113 Å². The van der Waals surface area contributed by atoms with Crippen LogP contribution in [0.25, 0.3) is 0 Å². The normalized spacial score (nSPS) is 24.9. The number of hydrogen-bond donors (Lipinski definition) is 1. The lowest BCUT2D eigenvalue weighted by Crippen LogP contribution is -2.45. The van der Waals surface area contributed by atoms with Crippen LogP contribution in [0.3, 0.4) is 0 Å². The zero-order valence-electron chi connectivity index (χ0n) is 11.6. The van der Waals surface area contributed by atoms with E-state index in [4.69, 9.17) is 15.5 Å². The fraction of sp³-hybridized carbons (Fsp3) is 0.769. The van der Waals surface area contributed by atoms with Gasteiger partial charge in [-0.05, 0) is 19.8 Å². The second kappa shape index (κ2) is 5.55. The molecular formula is C13H23N3OS. The summed E-state index contributed by atoms with van der Waals surface area (Å²) in [7, 11) is 0. The average Bonchev–Trinajstić information content (AvgIpc) is 2.71. The molecule has 1 aliphatic rings. The molecule has 0 unspecified atom stereocenters. The van der Waals surface area contributed by atoms with Crippen molar-refractivity contribution in [2.24, 2.45) is 5.73 Å². The smallest absolute Gasteiger partial charge is 0.186 e. The van der Waals surface area contributed by atoms with Gasteiger partial charge in [0, 0.05) is 24.5 Å². The van der Waals surface area contributed by atoms with Crippen LogP contribution in [0.4, 0.5) is 5.13 Å². The van der Waals surface area contributed by atoms with Gasteiger partial charge in [0.25, 0.3) is 0 Å². The van der Waals surface area contributed by atoms with E-state index >= 15 is 0 Å². The van der Waals surface area contributed by atoms with E-state index in [1.54, 1.807) is 11.3 Å². The molecule has 2 heterocycles. The fourth-order valence-electron chi connectivity index (χ4n) is 2.42. The van der Waals surface area contributed by atoms with Gasteiger partial charge in [-0.2, -0.15) is 0 Å². The summed E-state index contributed by atoms with van der Waals surface area (Å²) in [6.45, 7) is 11.0. The largest absolute Gasteiger partial charge is 0.372 e. The van der Waals surface area contributed by atoms with Crippen molar-refractivity contribution < 1.29 is 4.74 Å². The van der Waals surface area contributed by atoms with Gasteiger partial charge < -0.3 is 15.4 Å². The minimum Gasteiger partial charge on any atom is -0.372 e. The van der Waals surface area contributed by atoms with Crippen LogP contribution in [0.1, 0.15) is 44.2 Å². The number of nitrogens with zero attached hydrogens (tertiary/aromatic N) is 2. The highest BCUT2D eigenvalue weighted by Crippen LogP contribution is 2.31. The molecule has 0 saturated carbocycles. The van der Waals surface area contributed by atoms with Gasteiger partial charge in [-0.3, -0.25) is 0 Å². The summed E-state index contributed by atoms with van der Waals surface area (Å²) in [6.07, 6.45) is 0.531. The summed E-state index contributed by atoms with van der Waals surface area (Å²) in [5.41, 5.74) is 6.97. The van der Waals surface area contributed by atoms with Gasteiger partial charge in [-0.15, -0.1) is 11.3 Å². The Balaban J connectivity index is 2.22. The van der Waals surface area contributed by atoms with Crippen molar-refractivity contribution in [3.63, 3.8) is 0 Å². The molecule has 102 valence electrons. The van der Waals surface area contributed by atoms with Gasteiger partial charge in [0.1, 0.15) is 0 Å². The standard InChI is InChI=1S/C13H23N3OS/c1-8(2)12-11(5-14)18-13(15-12)16-6-9(3)17-10(4)7-16/h8-10H,5-7,14H2,1-4H3/t9-,10+. The van der Waals surface area contributed by atoms with Crippen molar-refractivity contribution in [1.29, 1.82) is 0 Å². The predicted molar refractivity (Wildman–Crippen MR) is 76.3 cm³/mol. The lowest BCUT2D eigenvalue weighted by Gasteiger charge is -2.35. The van der Waals surface area contributed by atoms with E-state index < -0.39 is 0 Å². The highest BCUT2D eigenvalue weighted by Gasteiger charge is 2.25. The van der Waals surface area contributed by atoms with E-state index in [2.05, 4.69) is 32.6 Å². The highest BCUT2D eigenvalue weighted by atomic mass is 32.1. The van der Waals surface area contributed by atoms with E-state index in [0.29, 0.717) is 12.5 Å². The van der Waals surface area contributed by atoms with Crippen molar-refractivity contribution in [3.05, 3.63) is 10.6 Å². The summed E-state index contributed by atoms with van der Waals surface area (Å²) in [6, 6.07) is 0. The van der Waals surface area contributed by atoms with Gasteiger partial charge in [0.2, 0.25) is 0 Å². The molecule has 1 aromatic heterocycles. The second-order valence-corrected chi connectivity index (χ2v) is 6.39. The fourth-order valence-corrected chi connectivity index (χ4v) is 3.53. The number of anilines is 1. The van der Waals surface area contributed by atoms with Gasteiger partial charge in [0.15, 0.2) is 5.13 Å². The van der Waals surface area contributed by atoms with Crippen molar-refractivity contribution in [1.82, 2.24) is 4.98 Å². The molecule has 1 aromatic rings. The molecule has 4 nitrogen and oxygen atoms in total. The van der Waals surface area contributed by atoms with E-state index in [1.165, 1.54) is 4.88 Å². The van der Waals surface area contributed by atoms with E-state index in [9.17, 15) is 0 Å². The van der Waals surface area contributed by atoms with Crippen LogP contribution < -0.4 is 10.6 Å². The third-order valence-electron chi connectivity index (χ3n) is 3.14. The van der Waals surface area contributed by atoms with Gasteiger partial charge >= 0.3 is 0 Å². The minimum absolute atomic E-state index is 0.265. The summed E-state index contributed by atoms with van der Waals surface area (Å²) in [4.78, 5) is 8.32. The Bertz CT molecular complexity index is 395. The maximum absolute atomic E-state index is 5.81. The minimum atomic E-state index is 0.265. The molecule has 2 N–H and O–H groups in total. The van der Waals surface area contributed by atoms with E-state index in [0.717, 1.165) is 23.9 Å². The molecule has 18 heavy (non-hydrogen) atoms. The number of nitrogens with two attached hydrogens (primary N) is 1. The van der Waals surface area contributed by atoms with Crippen molar-refractivity contribution in [3.8, 4) is 0 Å². The second-order valence-electron chi connectivity index (χ2n) is 5.33. The topological polar surface area (TPSA) is 51.4 Å². The Morgan fingerprint density at radius 3 is 2.44 bits per heavy atom. The number of rotatable bonds is 3. The number of morpholine rings is 1. The average molecular weight is 269 g/mol. The molecule has 0 spiro atoms. The maximum Gasteiger partial charge on any atom is 0.186 e. The molecule has 1 fully saturated rings. The monoisotopic (exact) mass is 269 g/mol. The Kier molecular flexibility index (Phi) is 4.25. The quantitative estimate of drug-likeness (QED) is 0.915. The first-order valence-electron chi connectivity index (χ1n) is 6.61. The van der Waals surface area contributed by atoms with E-state index in [1.807, 2.05) is 0 Å². The molecule has 2 atom stereocenters. The number of thiazole rings is 1. The first-order chi connectivity index (χ1) is 8.51. The predicted octanol–water partition coefficient (Wildman–Crippen LogP) is 2.34. The van der Waals surface area contributed by atoms with Crippen molar-refractivity contribution in [2.75, 3.05) is 18.0 Å². The third kappa shape index (κ3) is 2.84. The molecule has 1 saturated heterocycles. The lowest BCUT2D eigenvalue weighted by atomic mass is 10.1. The third-order valence-corrected chi connectivity index (χ3v) is 4.29. The van der Waals surface area contributed by atoms with E-state index in [-0.39, 0.29) is 12.2 Å². The van der Waals surface area contributed by atoms with Crippen LogP contribution in [0, 0.1) is 0 Å². The van der Waals surface area contributed by atoms with Crippen LogP contribution in [-0.2, 0) is 11.3 Å². The number of ether oxygens (including phenoxy) is 1. The molecule has 0 amide bonds. The molecule has 1 aliphatic heterocycles. The molecular weight excluding hydrogens is 246 g/mol. The first kappa shape index (κ1) is 13.8. The van der Waals surface area contributed by atoms with Crippen LogP contribution in [0.5, 0.6) is 0 Å². The molecule has 0 aliphatic carbocycles. The number of aromatic nitrogens is 1. The SMILES string of the molecule is CC(C)c1nc(N2C[C@@H](C)O[C@@H](C)C2)sc1CN. The Morgan fingerprint density at radius 2 is 2.00 bits per heavy atom. The van der Waals surface area contributed by atoms with Crippen LogP contribution in [-0.4, -0.2) is 30.3 Å². The summed E-state index contributed by atoms with van der Waals surface area (Å²) in [5, 5.41) is 1.10. The lowest BCUT2D eigenvalue weighted by molar-refractivity contribution is -0.00523. The highest BCUT2D eigenvalue weighted by molar-refractivity contribution is 7.15. The zero-order chi connectivity index (χ0) is 13.3.